The molecule has 0 spiro atoms. The van der Waals surface area contributed by atoms with Crippen molar-refractivity contribution in [1.82, 2.24) is 0 Å². The van der Waals surface area contributed by atoms with E-state index in [9.17, 15) is 4.39 Å². The van der Waals surface area contributed by atoms with Gasteiger partial charge in [-0.15, -0.1) is 22.9 Å². The predicted molar refractivity (Wildman–Crippen MR) is 65.0 cm³/mol. The Balaban J connectivity index is 2.47. The minimum Gasteiger partial charge on any atom is -0.496 e. The normalized spacial score (nSPS) is 12.4. The third-order valence-corrected chi connectivity index (χ3v) is 3.80. The summed E-state index contributed by atoms with van der Waals surface area (Å²) in [5.74, 6) is 0.140. The summed E-state index contributed by atoms with van der Waals surface area (Å²) in [5, 5.41) is 1.41. The molecule has 0 fully saturated rings. The molecule has 0 aliphatic carbocycles. The molecule has 0 saturated carbocycles. The maximum atomic E-state index is 13.7. The molecule has 1 nitrogen and oxygen atoms in total. The summed E-state index contributed by atoms with van der Waals surface area (Å²) in [6.45, 7) is 0. The van der Waals surface area contributed by atoms with Gasteiger partial charge in [-0.05, 0) is 23.6 Å². The van der Waals surface area contributed by atoms with Crippen LogP contribution in [0.2, 0.25) is 0 Å². The molecule has 16 heavy (non-hydrogen) atoms. The molecular weight excluding hydrogens is 247 g/mol. The van der Waals surface area contributed by atoms with Gasteiger partial charge in [0.05, 0.1) is 18.1 Å². The molecule has 0 bridgehead atoms. The second-order valence-electron chi connectivity index (χ2n) is 3.23. The monoisotopic (exact) mass is 256 g/mol. The third-order valence-electron chi connectivity index (χ3n) is 2.28. The number of hydrogen-bond donors (Lipinski definition) is 0. The molecule has 2 aromatic rings. The van der Waals surface area contributed by atoms with Crippen molar-refractivity contribution < 1.29 is 9.13 Å². The van der Waals surface area contributed by atoms with E-state index in [2.05, 4.69) is 0 Å². The lowest BCUT2D eigenvalue weighted by Crippen LogP contribution is -1.99. The molecule has 0 radical (unpaired) electrons. The molecule has 0 saturated heterocycles. The molecule has 4 heteroatoms. The van der Waals surface area contributed by atoms with Crippen molar-refractivity contribution in [2.75, 3.05) is 7.11 Å². The molecule has 1 heterocycles. The van der Waals surface area contributed by atoms with Crippen LogP contribution >= 0.6 is 22.9 Å². The average Bonchev–Trinajstić information content (AvgIpc) is 2.81. The van der Waals surface area contributed by atoms with Gasteiger partial charge in [0, 0.05) is 4.88 Å². The van der Waals surface area contributed by atoms with Gasteiger partial charge in [0.25, 0.3) is 0 Å². The molecule has 1 aromatic heterocycles. The van der Waals surface area contributed by atoms with Crippen LogP contribution in [0.3, 0.4) is 0 Å². The summed E-state index contributed by atoms with van der Waals surface area (Å²) in [4.78, 5) is 0.907. The second-order valence-corrected chi connectivity index (χ2v) is 4.65. The van der Waals surface area contributed by atoms with Gasteiger partial charge in [-0.3, -0.25) is 0 Å². The fraction of sp³-hybridized carbons (Fsp3) is 0.167. The number of rotatable bonds is 3. The largest absolute Gasteiger partial charge is 0.496 e. The van der Waals surface area contributed by atoms with Crippen LogP contribution in [-0.4, -0.2) is 7.11 Å². The van der Waals surface area contributed by atoms with Crippen LogP contribution < -0.4 is 4.74 Å². The van der Waals surface area contributed by atoms with Crippen molar-refractivity contribution in [3.05, 3.63) is 52.0 Å². The number of methoxy groups -OCH3 is 1. The van der Waals surface area contributed by atoms with Crippen molar-refractivity contribution in [3.63, 3.8) is 0 Å². The molecule has 2 rings (SSSR count). The summed E-state index contributed by atoms with van der Waals surface area (Å²) in [7, 11) is 1.51. The van der Waals surface area contributed by atoms with Crippen LogP contribution in [0.25, 0.3) is 0 Å². The molecule has 84 valence electrons. The molecule has 0 amide bonds. The highest BCUT2D eigenvalue weighted by Gasteiger charge is 2.20. The van der Waals surface area contributed by atoms with Gasteiger partial charge >= 0.3 is 0 Å². The molecule has 1 atom stereocenters. The Morgan fingerprint density at radius 3 is 2.75 bits per heavy atom. The van der Waals surface area contributed by atoms with Gasteiger partial charge in [-0.1, -0.05) is 12.1 Å². The Labute approximate surface area is 102 Å². The molecule has 0 aliphatic heterocycles. The minimum absolute atomic E-state index is 0.340. The molecule has 0 aliphatic rings. The molecule has 0 N–H and O–H groups in total. The SMILES string of the molecule is COc1cccc(F)c1C(Cl)c1cccs1. The predicted octanol–water partition coefficient (Wildman–Crippen LogP) is 4.22. The van der Waals surface area contributed by atoms with Crippen LogP contribution in [0.4, 0.5) is 4.39 Å². The average molecular weight is 257 g/mol. The van der Waals surface area contributed by atoms with E-state index < -0.39 is 5.38 Å². The Hall–Kier alpha value is -1.06. The topological polar surface area (TPSA) is 9.23 Å². The van der Waals surface area contributed by atoms with E-state index in [1.807, 2.05) is 17.5 Å². The third kappa shape index (κ3) is 2.06. The summed E-state index contributed by atoms with van der Waals surface area (Å²) in [5.41, 5.74) is 0.397. The Morgan fingerprint density at radius 1 is 1.31 bits per heavy atom. The summed E-state index contributed by atoms with van der Waals surface area (Å²) in [6.07, 6.45) is 0. The van der Waals surface area contributed by atoms with Crippen molar-refractivity contribution in [3.8, 4) is 5.75 Å². The van der Waals surface area contributed by atoms with Gasteiger partial charge in [0.15, 0.2) is 0 Å². The second kappa shape index (κ2) is 4.85. The van der Waals surface area contributed by atoms with E-state index in [4.69, 9.17) is 16.3 Å². The quantitative estimate of drug-likeness (QED) is 0.747. The first-order valence-electron chi connectivity index (χ1n) is 4.74. The van der Waals surface area contributed by atoms with Crippen LogP contribution in [0.1, 0.15) is 15.8 Å². The molecule has 1 unspecified atom stereocenters. The number of alkyl halides is 1. The summed E-state index contributed by atoms with van der Waals surface area (Å²) >= 11 is 7.75. The van der Waals surface area contributed by atoms with Crippen LogP contribution in [0, 0.1) is 5.82 Å². The summed E-state index contributed by atoms with van der Waals surface area (Å²) < 4.78 is 18.8. The van der Waals surface area contributed by atoms with E-state index >= 15 is 0 Å². The van der Waals surface area contributed by atoms with E-state index in [-0.39, 0.29) is 5.82 Å². The van der Waals surface area contributed by atoms with E-state index in [0.717, 1.165) is 4.88 Å². The van der Waals surface area contributed by atoms with Crippen LogP contribution in [-0.2, 0) is 0 Å². The first-order valence-corrected chi connectivity index (χ1v) is 6.05. The maximum Gasteiger partial charge on any atom is 0.131 e. The van der Waals surface area contributed by atoms with E-state index in [1.165, 1.54) is 24.5 Å². The van der Waals surface area contributed by atoms with Gasteiger partial charge in [0.2, 0.25) is 0 Å². The lowest BCUT2D eigenvalue weighted by Gasteiger charge is -2.13. The fourth-order valence-corrected chi connectivity index (χ4v) is 2.67. The highest BCUT2D eigenvalue weighted by Crippen LogP contribution is 2.38. The van der Waals surface area contributed by atoms with Crippen molar-refractivity contribution in [2.45, 2.75) is 5.38 Å². The zero-order valence-corrected chi connectivity index (χ0v) is 10.2. The molecule has 1 aromatic carbocycles. The van der Waals surface area contributed by atoms with Crippen molar-refractivity contribution in [2.24, 2.45) is 0 Å². The Bertz CT molecular complexity index is 470. The van der Waals surface area contributed by atoms with Gasteiger partial charge < -0.3 is 4.74 Å². The highest BCUT2D eigenvalue weighted by molar-refractivity contribution is 7.10. The number of halogens is 2. The smallest absolute Gasteiger partial charge is 0.131 e. The number of hydrogen-bond acceptors (Lipinski definition) is 2. The standard InChI is InChI=1S/C12H10ClFOS/c1-15-9-5-2-4-8(14)11(9)12(13)10-6-3-7-16-10/h2-7,12H,1H3. The number of ether oxygens (including phenoxy) is 1. The van der Waals surface area contributed by atoms with E-state index in [0.29, 0.717) is 11.3 Å². The minimum atomic E-state index is -0.504. The number of benzene rings is 1. The zero-order valence-electron chi connectivity index (χ0n) is 8.61. The first-order chi connectivity index (χ1) is 7.74. The zero-order chi connectivity index (χ0) is 11.5. The highest BCUT2D eigenvalue weighted by atomic mass is 35.5. The fourth-order valence-electron chi connectivity index (χ4n) is 1.52. The van der Waals surface area contributed by atoms with Crippen molar-refractivity contribution >= 4 is 22.9 Å². The van der Waals surface area contributed by atoms with E-state index in [1.54, 1.807) is 12.1 Å². The molecular formula is C12H10ClFOS. The van der Waals surface area contributed by atoms with Crippen molar-refractivity contribution in [1.29, 1.82) is 0 Å². The Morgan fingerprint density at radius 2 is 2.12 bits per heavy atom. The van der Waals surface area contributed by atoms with Crippen LogP contribution in [0.5, 0.6) is 5.75 Å². The van der Waals surface area contributed by atoms with Gasteiger partial charge in [-0.2, -0.15) is 0 Å². The first kappa shape index (κ1) is 11.4. The summed E-state index contributed by atoms with van der Waals surface area (Å²) in [6, 6.07) is 8.48. The lowest BCUT2D eigenvalue weighted by atomic mass is 10.1. The van der Waals surface area contributed by atoms with Gasteiger partial charge in [0.1, 0.15) is 11.6 Å². The van der Waals surface area contributed by atoms with Crippen LogP contribution in [0.15, 0.2) is 35.7 Å². The maximum absolute atomic E-state index is 13.7. The lowest BCUT2D eigenvalue weighted by molar-refractivity contribution is 0.405. The van der Waals surface area contributed by atoms with Gasteiger partial charge in [-0.25, -0.2) is 4.39 Å². The Kier molecular flexibility index (Phi) is 3.46. The number of thiophene rings is 1.